The minimum atomic E-state index is -1.14. The Morgan fingerprint density at radius 3 is 2.86 bits per heavy atom. The van der Waals surface area contributed by atoms with E-state index in [0.717, 1.165) is 0 Å². The van der Waals surface area contributed by atoms with Gasteiger partial charge in [0.25, 0.3) is 0 Å². The van der Waals surface area contributed by atoms with E-state index in [1.165, 1.54) is 6.33 Å². The van der Waals surface area contributed by atoms with Gasteiger partial charge in [-0.3, -0.25) is 0 Å². The number of furan rings is 1. The van der Waals surface area contributed by atoms with Crippen molar-refractivity contribution < 1.29 is 14.3 Å². The fraction of sp³-hybridized carbons (Fsp3) is 0.125. The van der Waals surface area contributed by atoms with Gasteiger partial charge in [0.1, 0.15) is 11.5 Å². The van der Waals surface area contributed by atoms with Crippen LogP contribution in [0.15, 0.2) is 10.7 Å². The highest BCUT2D eigenvalue weighted by molar-refractivity contribution is 6.34. The Hall–Kier alpha value is -1.62. The summed E-state index contributed by atoms with van der Waals surface area (Å²) in [6.07, 6.45) is 1.22. The van der Waals surface area contributed by atoms with Crippen LogP contribution in [-0.4, -0.2) is 21.0 Å². The van der Waals surface area contributed by atoms with Crippen molar-refractivity contribution in [1.82, 2.24) is 9.97 Å². The molecule has 2 heterocycles. The number of halogens is 1. The normalized spacial score (nSPS) is 10.7. The van der Waals surface area contributed by atoms with Crippen molar-refractivity contribution in [3.8, 4) is 0 Å². The van der Waals surface area contributed by atoms with Crippen LogP contribution in [-0.2, 0) is 0 Å². The van der Waals surface area contributed by atoms with Gasteiger partial charge in [-0.1, -0.05) is 11.6 Å². The number of rotatable bonds is 1. The Balaban J connectivity index is 2.87. The van der Waals surface area contributed by atoms with Crippen LogP contribution < -0.4 is 0 Å². The van der Waals surface area contributed by atoms with Crippen LogP contribution in [0.4, 0.5) is 0 Å². The van der Waals surface area contributed by atoms with Gasteiger partial charge in [0.05, 0.1) is 5.39 Å². The lowest BCUT2D eigenvalue weighted by molar-refractivity contribution is 0.0663. The second kappa shape index (κ2) is 2.95. The number of carbonyl (C=O) groups is 1. The van der Waals surface area contributed by atoms with Gasteiger partial charge in [0.2, 0.25) is 11.5 Å². The van der Waals surface area contributed by atoms with Gasteiger partial charge in [-0.2, -0.15) is 0 Å². The number of aromatic nitrogens is 2. The largest absolute Gasteiger partial charge is 0.475 e. The summed E-state index contributed by atoms with van der Waals surface area (Å²) >= 11 is 5.78. The maximum Gasteiger partial charge on any atom is 0.372 e. The second-order valence-corrected chi connectivity index (χ2v) is 3.06. The number of hydrogen-bond acceptors (Lipinski definition) is 4. The van der Waals surface area contributed by atoms with Crippen LogP contribution in [0.2, 0.25) is 5.15 Å². The van der Waals surface area contributed by atoms with Crippen molar-refractivity contribution >= 4 is 28.7 Å². The first-order valence-corrected chi connectivity index (χ1v) is 4.12. The molecular weight excluding hydrogens is 208 g/mol. The summed E-state index contributed by atoms with van der Waals surface area (Å²) < 4.78 is 5.01. The van der Waals surface area contributed by atoms with Gasteiger partial charge in [-0.05, 0) is 6.92 Å². The molecule has 0 fully saturated rings. The number of aromatic carboxylic acids is 1. The molecular formula is C8H5ClN2O3. The third-order valence-corrected chi connectivity index (χ3v) is 2.16. The van der Waals surface area contributed by atoms with E-state index in [1.54, 1.807) is 6.92 Å². The molecule has 0 amide bonds. The maximum absolute atomic E-state index is 10.7. The van der Waals surface area contributed by atoms with Crippen molar-refractivity contribution in [2.24, 2.45) is 0 Å². The summed E-state index contributed by atoms with van der Waals surface area (Å²) in [5, 5.41) is 9.42. The number of hydrogen-bond donors (Lipinski definition) is 1. The predicted molar refractivity (Wildman–Crippen MR) is 48.5 cm³/mol. The Bertz CT molecular complexity index is 521. The van der Waals surface area contributed by atoms with Crippen molar-refractivity contribution in [2.75, 3.05) is 0 Å². The fourth-order valence-corrected chi connectivity index (χ4v) is 1.50. The summed E-state index contributed by atoms with van der Waals surface area (Å²) in [6, 6.07) is 0. The smallest absolute Gasteiger partial charge is 0.372 e. The highest BCUT2D eigenvalue weighted by atomic mass is 35.5. The molecule has 0 bridgehead atoms. The van der Waals surface area contributed by atoms with E-state index in [0.29, 0.717) is 10.9 Å². The molecule has 0 unspecified atom stereocenters. The lowest BCUT2D eigenvalue weighted by atomic mass is 10.2. The SMILES string of the molecule is Cc1c(C(=O)O)oc2ncnc(Cl)c12. The fourth-order valence-electron chi connectivity index (χ4n) is 1.23. The molecule has 0 saturated carbocycles. The van der Waals surface area contributed by atoms with Crippen LogP contribution in [0, 0.1) is 6.92 Å². The van der Waals surface area contributed by atoms with Gasteiger partial charge in [0, 0.05) is 5.56 Å². The molecule has 0 saturated heterocycles. The highest BCUT2D eigenvalue weighted by Gasteiger charge is 2.19. The molecule has 2 aromatic heterocycles. The third kappa shape index (κ3) is 1.13. The monoisotopic (exact) mass is 212 g/mol. The predicted octanol–water partition coefficient (Wildman–Crippen LogP) is 1.88. The molecule has 0 spiro atoms. The number of carboxylic acids is 1. The average molecular weight is 213 g/mol. The number of fused-ring (bicyclic) bond motifs is 1. The van der Waals surface area contributed by atoms with Crippen LogP contribution in [0.1, 0.15) is 16.1 Å². The summed E-state index contributed by atoms with van der Waals surface area (Å²) in [4.78, 5) is 18.2. The Labute approximate surface area is 83.3 Å². The molecule has 0 aliphatic heterocycles. The van der Waals surface area contributed by atoms with E-state index < -0.39 is 5.97 Å². The van der Waals surface area contributed by atoms with Crippen molar-refractivity contribution in [2.45, 2.75) is 6.92 Å². The van der Waals surface area contributed by atoms with E-state index in [-0.39, 0.29) is 16.6 Å². The van der Waals surface area contributed by atoms with E-state index in [4.69, 9.17) is 21.1 Å². The molecule has 0 aromatic carbocycles. The van der Waals surface area contributed by atoms with Crippen LogP contribution in [0.5, 0.6) is 0 Å². The van der Waals surface area contributed by atoms with Gasteiger partial charge in [0.15, 0.2) is 0 Å². The molecule has 14 heavy (non-hydrogen) atoms. The topological polar surface area (TPSA) is 76.2 Å². The van der Waals surface area contributed by atoms with Crippen LogP contribution in [0.3, 0.4) is 0 Å². The maximum atomic E-state index is 10.7. The van der Waals surface area contributed by atoms with Crippen LogP contribution in [0.25, 0.3) is 11.1 Å². The lowest BCUT2D eigenvalue weighted by Crippen LogP contribution is -1.95. The molecule has 0 aliphatic carbocycles. The zero-order valence-corrected chi connectivity index (χ0v) is 7.87. The van der Waals surface area contributed by atoms with Gasteiger partial charge in [-0.15, -0.1) is 0 Å². The molecule has 1 N–H and O–H groups in total. The van der Waals surface area contributed by atoms with Crippen LogP contribution >= 0.6 is 11.6 Å². The highest BCUT2D eigenvalue weighted by Crippen LogP contribution is 2.27. The van der Waals surface area contributed by atoms with E-state index in [1.807, 2.05) is 0 Å². The zero-order valence-electron chi connectivity index (χ0n) is 7.11. The number of carboxylic acid groups (broad SMARTS) is 1. The summed E-state index contributed by atoms with van der Waals surface area (Å²) in [7, 11) is 0. The Morgan fingerprint density at radius 2 is 2.29 bits per heavy atom. The number of aryl methyl sites for hydroxylation is 1. The van der Waals surface area contributed by atoms with Crippen molar-refractivity contribution in [3.63, 3.8) is 0 Å². The van der Waals surface area contributed by atoms with E-state index in [2.05, 4.69) is 9.97 Å². The number of nitrogens with zero attached hydrogens (tertiary/aromatic N) is 2. The molecule has 2 aromatic rings. The quantitative estimate of drug-likeness (QED) is 0.731. The molecule has 2 rings (SSSR count). The second-order valence-electron chi connectivity index (χ2n) is 2.71. The molecule has 6 heteroatoms. The van der Waals surface area contributed by atoms with Crippen molar-refractivity contribution in [3.05, 3.63) is 22.8 Å². The molecule has 0 aliphatic rings. The zero-order chi connectivity index (χ0) is 10.3. The molecule has 5 nitrogen and oxygen atoms in total. The minimum absolute atomic E-state index is 0.151. The summed E-state index contributed by atoms with van der Waals surface area (Å²) in [5.41, 5.74) is 0.637. The first-order valence-electron chi connectivity index (χ1n) is 3.74. The third-order valence-electron chi connectivity index (χ3n) is 1.87. The lowest BCUT2D eigenvalue weighted by Gasteiger charge is -1.90. The first-order chi connectivity index (χ1) is 6.61. The Morgan fingerprint density at radius 1 is 1.57 bits per heavy atom. The molecule has 0 radical (unpaired) electrons. The van der Waals surface area contributed by atoms with Crippen molar-refractivity contribution in [1.29, 1.82) is 0 Å². The van der Waals surface area contributed by atoms with E-state index >= 15 is 0 Å². The summed E-state index contributed by atoms with van der Waals surface area (Å²) in [6.45, 7) is 1.60. The van der Waals surface area contributed by atoms with Gasteiger partial charge in [-0.25, -0.2) is 14.8 Å². The van der Waals surface area contributed by atoms with Gasteiger partial charge >= 0.3 is 5.97 Å². The first kappa shape index (κ1) is 8.96. The minimum Gasteiger partial charge on any atom is -0.475 e. The average Bonchev–Trinajstić information content (AvgIpc) is 2.45. The molecule has 0 atom stereocenters. The van der Waals surface area contributed by atoms with E-state index in [9.17, 15) is 4.79 Å². The Kier molecular flexibility index (Phi) is 1.89. The summed E-state index contributed by atoms with van der Waals surface area (Å²) in [5.74, 6) is -1.29. The standard InChI is InChI=1S/C8H5ClN2O3/c1-3-4-6(9)10-2-11-7(4)14-5(3)8(12)13/h2H,1H3,(H,12,13). The van der Waals surface area contributed by atoms with Gasteiger partial charge < -0.3 is 9.52 Å². The molecule has 72 valence electrons.